The van der Waals surface area contributed by atoms with Crippen molar-refractivity contribution in [3.05, 3.63) is 53.4 Å². The number of amides is 1. The fourth-order valence-corrected chi connectivity index (χ4v) is 4.19. The van der Waals surface area contributed by atoms with E-state index in [1.54, 1.807) is 26.4 Å². The number of hydrogen-bond donors (Lipinski definition) is 1. The van der Waals surface area contributed by atoms with Gasteiger partial charge in [0.15, 0.2) is 11.5 Å². The lowest BCUT2D eigenvalue weighted by Gasteiger charge is -2.30. The van der Waals surface area contributed by atoms with Gasteiger partial charge in [0, 0.05) is 11.5 Å². The number of rotatable bonds is 10. The first-order chi connectivity index (χ1) is 17.1. The highest BCUT2D eigenvalue weighted by Crippen LogP contribution is 2.31. The van der Waals surface area contributed by atoms with Gasteiger partial charge in [0.1, 0.15) is 12.4 Å². The first kappa shape index (κ1) is 24.8. The van der Waals surface area contributed by atoms with Crippen molar-refractivity contribution < 1.29 is 23.5 Å². The molecule has 1 saturated heterocycles. The zero-order chi connectivity index (χ0) is 24.6. The van der Waals surface area contributed by atoms with Crippen molar-refractivity contribution >= 4 is 17.5 Å². The zero-order valence-corrected chi connectivity index (χ0v) is 20.6. The number of nitrogens with zero attached hydrogens (tertiary/aromatic N) is 3. The monoisotopic (exact) mass is 500 g/mol. The third-order valence-corrected chi connectivity index (χ3v) is 6.23. The van der Waals surface area contributed by atoms with Gasteiger partial charge >= 0.3 is 0 Å². The Morgan fingerprint density at radius 3 is 2.63 bits per heavy atom. The Hall–Kier alpha value is -3.30. The van der Waals surface area contributed by atoms with Gasteiger partial charge < -0.3 is 24.1 Å². The van der Waals surface area contributed by atoms with Crippen molar-refractivity contribution in [1.82, 2.24) is 20.4 Å². The summed E-state index contributed by atoms with van der Waals surface area (Å²) in [4.78, 5) is 19.3. The number of ether oxygens (including phenoxy) is 3. The summed E-state index contributed by atoms with van der Waals surface area (Å²) in [6.07, 6.45) is 1.54. The molecule has 4 rings (SSSR count). The van der Waals surface area contributed by atoms with Crippen LogP contribution in [0.2, 0.25) is 5.02 Å². The van der Waals surface area contributed by atoms with E-state index in [1.807, 2.05) is 30.3 Å². The summed E-state index contributed by atoms with van der Waals surface area (Å²) >= 11 is 6.07. The lowest BCUT2D eigenvalue weighted by Crippen LogP contribution is -2.41. The molecule has 1 N–H and O–H groups in total. The van der Waals surface area contributed by atoms with Crippen molar-refractivity contribution in [2.24, 2.45) is 5.92 Å². The maximum absolute atomic E-state index is 12.5. The minimum atomic E-state index is -0.0171. The summed E-state index contributed by atoms with van der Waals surface area (Å²) in [5.41, 5.74) is 0.784. The maximum atomic E-state index is 12.5. The number of benzene rings is 2. The van der Waals surface area contributed by atoms with Crippen molar-refractivity contribution in [1.29, 1.82) is 0 Å². The van der Waals surface area contributed by atoms with Gasteiger partial charge in [-0.3, -0.25) is 9.69 Å². The van der Waals surface area contributed by atoms with Crippen LogP contribution in [-0.2, 0) is 11.3 Å². The molecule has 186 valence electrons. The standard InChI is InChI=1S/C25H29ClN4O5/c1-32-21-8-7-18(15-22(21)33-2)24-28-23(35-29-24)16-30-12-9-17(10-13-30)25(31)27-11-14-34-20-6-4-3-5-19(20)26/h3-8,15,17H,9-14,16H2,1-2H3,(H,27,31). The van der Waals surface area contributed by atoms with E-state index in [-0.39, 0.29) is 11.8 Å². The van der Waals surface area contributed by atoms with Gasteiger partial charge in [-0.2, -0.15) is 4.98 Å². The minimum Gasteiger partial charge on any atom is -0.493 e. The lowest BCUT2D eigenvalue weighted by molar-refractivity contribution is -0.126. The molecular formula is C25H29ClN4O5. The van der Waals surface area contributed by atoms with Crippen LogP contribution >= 0.6 is 11.6 Å². The summed E-state index contributed by atoms with van der Waals surface area (Å²) in [6.45, 7) is 2.91. The van der Waals surface area contributed by atoms with Crippen LogP contribution in [0.25, 0.3) is 11.4 Å². The number of piperidine rings is 1. The van der Waals surface area contributed by atoms with Crippen LogP contribution in [0, 0.1) is 5.92 Å². The molecule has 1 fully saturated rings. The van der Waals surface area contributed by atoms with Crippen LogP contribution in [0.15, 0.2) is 47.0 Å². The van der Waals surface area contributed by atoms with Crippen molar-refractivity contribution in [3.8, 4) is 28.6 Å². The normalized spacial score (nSPS) is 14.5. The van der Waals surface area contributed by atoms with Crippen LogP contribution in [0.3, 0.4) is 0 Å². The van der Waals surface area contributed by atoms with E-state index >= 15 is 0 Å². The largest absolute Gasteiger partial charge is 0.493 e. The van der Waals surface area contributed by atoms with E-state index in [9.17, 15) is 4.79 Å². The highest BCUT2D eigenvalue weighted by molar-refractivity contribution is 6.32. The smallest absolute Gasteiger partial charge is 0.241 e. The molecule has 0 radical (unpaired) electrons. The van der Waals surface area contributed by atoms with Crippen molar-refractivity contribution in [3.63, 3.8) is 0 Å². The lowest BCUT2D eigenvalue weighted by atomic mass is 9.96. The molecule has 9 nitrogen and oxygen atoms in total. The molecular weight excluding hydrogens is 472 g/mol. The Kier molecular flexibility index (Phi) is 8.44. The topological polar surface area (TPSA) is 99.0 Å². The second-order valence-corrected chi connectivity index (χ2v) is 8.61. The highest BCUT2D eigenvalue weighted by atomic mass is 35.5. The van der Waals surface area contributed by atoms with Crippen LogP contribution in [0.4, 0.5) is 0 Å². The molecule has 0 unspecified atom stereocenters. The number of aromatic nitrogens is 2. The Balaban J connectivity index is 1.21. The molecule has 2 aromatic carbocycles. The second kappa shape index (κ2) is 11.9. The molecule has 10 heteroatoms. The van der Waals surface area contributed by atoms with E-state index in [0.29, 0.717) is 53.7 Å². The van der Waals surface area contributed by atoms with Crippen LogP contribution in [0.5, 0.6) is 17.2 Å². The molecule has 0 spiro atoms. The van der Waals surface area contributed by atoms with E-state index in [1.165, 1.54) is 0 Å². The number of halogens is 1. The first-order valence-corrected chi connectivity index (χ1v) is 11.9. The molecule has 35 heavy (non-hydrogen) atoms. The fourth-order valence-electron chi connectivity index (χ4n) is 4.00. The van der Waals surface area contributed by atoms with Gasteiger partial charge in [-0.1, -0.05) is 28.9 Å². The SMILES string of the molecule is COc1ccc(-c2noc(CN3CCC(C(=O)NCCOc4ccccc4Cl)CC3)n2)cc1OC. The summed E-state index contributed by atoms with van der Waals surface area (Å²) in [7, 11) is 3.18. The van der Waals surface area contributed by atoms with Crippen molar-refractivity contribution in [2.45, 2.75) is 19.4 Å². The Bertz CT molecular complexity index is 1130. The Morgan fingerprint density at radius 2 is 1.89 bits per heavy atom. The quantitative estimate of drug-likeness (QED) is 0.419. The molecule has 0 bridgehead atoms. The first-order valence-electron chi connectivity index (χ1n) is 11.5. The third-order valence-electron chi connectivity index (χ3n) is 5.92. The van der Waals surface area contributed by atoms with Crippen LogP contribution in [-0.4, -0.2) is 61.4 Å². The molecule has 0 saturated carbocycles. The van der Waals surface area contributed by atoms with E-state index < -0.39 is 0 Å². The van der Waals surface area contributed by atoms with E-state index in [2.05, 4.69) is 20.4 Å². The molecule has 3 aromatic rings. The van der Waals surface area contributed by atoms with Crippen LogP contribution < -0.4 is 19.5 Å². The number of methoxy groups -OCH3 is 2. The number of carbonyl (C=O) groups is 1. The molecule has 0 aliphatic carbocycles. The minimum absolute atomic E-state index is 0.0171. The van der Waals surface area contributed by atoms with E-state index in [4.69, 9.17) is 30.3 Å². The summed E-state index contributed by atoms with van der Waals surface area (Å²) in [5, 5.41) is 7.62. The number of para-hydroxylation sites is 1. The number of carbonyl (C=O) groups excluding carboxylic acids is 1. The Labute approximate surface area is 209 Å². The molecule has 0 atom stereocenters. The number of hydrogen-bond acceptors (Lipinski definition) is 8. The summed E-state index contributed by atoms with van der Waals surface area (Å²) in [6, 6.07) is 12.8. The third kappa shape index (κ3) is 6.43. The van der Waals surface area contributed by atoms with Crippen molar-refractivity contribution in [2.75, 3.05) is 40.5 Å². The van der Waals surface area contributed by atoms with Gasteiger partial charge in [0.05, 0.1) is 32.3 Å². The Morgan fingerprint density at radius 1 is 1.11 bits per heavy atom. The van der Waals surface area contributed by atoms with Gasteiger partial charge in [-0.05, 0) is 56.3 Å². The summed E-state index contributed by atoms with van der Waals surface area (Å²) < 4.78 is 21.7. The average Bonchev–Trinajstić information content (AvgIpc) is 3.36. The highest BCUT2D eigenvalue weighted by Gasteiger charge is 2.26. The molecule has 1 aromatic heterocycles. The predicted molar refractivity (Wildman–Crippen MR) is 131 cm³/mol. The molecule has 1 amide bonds. The van der Waals surface area contributed by atoms with E-state index in [0.717, 1.165) is 31.5 Å². The fraction of sp³-hybridized carbons (Fsp3) is 0.400. The molecule has 2 heterocycles. The number of likely N-dealkylation sites (tertiary alicyclic amines) is 1. The number of nitrogens with one attached hydrogen (secondary N) is 1. The van der Waals surface area contributed by atoms with Gasteiger partial charge in [0.2, 0.25) is 17.6 Å². The van der Waals surface area contributed by atoms with Crippen LogP contribution in [0.1, 0.15) is 18.7 Å². The van der Waals surface area contributed by atoms with Gasteiger partial charge in [0.25, 0.3) is 0 Å². The second-order valence-electron chi connectivity index (χ2n) is 8.20. The van der Waals surface area contributed by atoms with Gasteiger partial charge in [-0.25, -0.2) is 0 Å². The maximum Gasteiger partial charge on any atom is 0.241 e. The van der Waals surface area contributed by atoms with Gasteiger partial charge in [-0.15, -0.1) is 0 Å². The summed E-state index contributed by atoms with van der Waals surface area (Å²) in [5.74, 6) is 2.93. The molecule has 1 aliphatic heterocycles. The average molecular weight is 501 g/mol. The molecule has 1 aliphatic rings. The predicted octanol–water partition coefficient (Wildman–Crippen LogP) is 3.81. The zero-order valence-electron chi connectivity index (χ0n) is 19.8.